The Bertz CT molecular complexity index is 6350. The molecule has 0 aliphatic heterocycles. The monoisotopic (exact) mass is 1380 g/mol. The van der Waals surface area contributed by atoms with Crippen LogP contribution < -0.4 is 9.80 Å². The number of anilines is 6. The van der Waals surface area contributed by atoms with E-state index in [-0.39, 0.29) is 0 Å². The van der Waals surface area contributed by atoms with E-state index in [1.54, 1.807) is 0 Å². The van der Waals surface area contributed by atoms with Crippen molar-refractivity contribution in [2.45, 2.75) is 48.5 Å². The number of fused-ring (bicyclic) bond motifs is 6. The third-order valence-corrected chi connectivity index (χ3v) is 21.2. The molecular weight excluding hydrogens is 1300 g/mol. The highest BCUT2D eigenvalue weighted by Gasteiger charge is 2.24. The summed E-state index contributed by atoms with van der Waals surface area (Å²) in [5.74, 6) is 1.38. The van der Waals surface area contributed by atoms with E-state index in [4.69, 9.17) is 19.9 Å². The molecule has 0 spiro atoms. The van der Waals surface area contributed by atoms with Gasteiger partial charge in [-0.3, -0.25) is 0 Å². The molecule has 107 heavy (non-hydrogen) atoms. The summed E-state index contributed by atoms with van der Waals surface area (Å²) >= 11 is 0. The van der Waals surface area contributed by atoms with Gasteiger partial charge in [0.05, 0.1) is 44.8 Å². The van der Waals surface area contributed by atoms with Crippen molar-refractivity contribution in [2.24, 2.45) is 0 Å². The highest BCUT2D eigenvalue weighted by Crippen LogP contribution is 2.45. The Morgan fingerprint density at radius 1 is 0.224 bits per heavy atom. The average molecular weight is 1380 g/mol. The fraction of sp³-hybridized carbons (Fsp3) is 0.0707. The first-order chi connectivity index (χ1) is 52.4. The molecule has 18 rings (SSSR count). The minimum absolute atomic E-state index is 0.662. The largest absolute Gasteiger partial charge is 0.310 e. The predicted molar refractivity (Wildman–Crippen MR) is 447 cm³/mol. The van der Waals surface area contributed by atoms with Gasteiger partial charge in [-0.05, 0) is 233 Å². The zero-order valence-electron chi connectivity index (χ0n) is 60.8. The maximum Gasteiger partial charge on any atom is 0.160 e. The van der Waals surface area contributed by atoms with Gasteiger partial charge >= 0.3 is 0 Å². The molecule has 512 valence electrons. The Morgan fingerprint density at radius 2 is 0.654 bits per heavy atom. The topological polar surface area (TPSA) is 67.9 Å². The Kier molecular flexibility index (Phi) is 16.7. The lowest BCUT2D eigenvalue weighted by Crippen LogP contribution is -2.09. The third kappa shape index (κ3) is 12.1. The molecule has 0 fully saturated rings. The van der Waals surface area contributed by atoms with Crippen LogP contribution in [0.5, 0.6) is 0 Å². The Labute approximate surface area is 624 Å². The van der Waals surface area contributed by atoms with Crippen LogP contribution in [0.4, 0.5) is 34.1 Å². The van der Waals surface area contributed by atoms with E-state index in [9.17, 15) is 0 Å². The molecule has 4 aromatic heterocycles. The first kappa shape index (κ1) is 65.5. The number of aryl methyl sites for hydroxylation is 7. The van der Waals surface area contributed by atoms with Gasteiger partial charge in [-0.2, -0.15) is 0 Å². The second-order valence-electron chi connectivity index (χ2n) is 28.2. The Balaban J connectivity index is 0.681. The SMILES string of the molecule is Cc1ccc(-c2cc(-c3ccc(-n4c5ccccc5c5cc(N(c6ccccc6)c6ccccc6)ccc54)cc3C)nc(-c3ccc(C)c(-c4ccc(N(c5ccccc5)c5ccc6c(c5)c5ccccc5n6-c5cc(C)c(-c6cc(-c7ccccc7C)nc(-c7ccccc7C)n6)cc5C)cc4)c3)n2)cc1. The van der Waals surface area contributed by atoms with Gasteiger partial charge in [0, 0.05) is 100 Å². The zero-order chi connectivity index (χ0) is 72.4. The van der Waals surface area contributed by atoms with Crippen molar-refractivity contribution in [1.29, 1.82) is 0 Å². The van der Waals surface area contributed by atoms with Crippen LogP contribution in [0.2, 0.25) is 0 Å². The molecule has 14 aromatic carbocycles. The summed E-state index contributed by atoms with van der Waals surface area (Å²) in [7, 11) is 0. The number of benzene rings is 14. The van der Waals surface area contributed by atoms with E-state index < -0.39 is 0 Å². The smallest absolute Gasteiger partial charge is 0.160 e. The van der Waals surface area contributed by atoms with Gasteiger partial charge in [-0.15, -0.1) is 0 Å². The van der Waals surface area contributed by atoms with Crippen molar-refractivity contribution in [3.63, 3.8) is 0 Å². The van der Waals surface area contributed by atoms with Crippen LogP contribution in [0.15, 0.2) is 334 Å². The van der Waals surface area contributed by atoms with Gasteiger partial charge in [-0.1, -0.05) is 200 Å². The van der Waals surface area contributed by atoms with Crippen LogP contribution in [-0.2, 0) is 0 Å². The van der Waals surface area contributed by atoms with Crippen molar-refractivity contribution in [3.05, 3.63) is 373 Å². The van der Waals surface area contributed by atoms with Gasteiger partial charge in [0.2, 0.25) is 0 Å². The molecule has 0 bridgehead atoms. The van der Waals surface area contributed by atoms with E-state index in [1.165, 1.54) is 32.7 Å². The summed E-state index contributed by atoms with van der Waals surface area (Å²) in [5.41, 5.74) is 33.2. The minimum Gasteiger partial charge on any atom is -0.310 e. The summed E-state index contributed by atoms with van der Waals surface area (Å²) in [5, 5.41) is 4.72. The van der Waals surface area contributed by atoms with Gasteiger partial charge in [0.25, 0.3) is 0 Å². The van der Waals surface area contributed by atoms with Crippen molar-refractivity contribution in [1.82, 2.24) is 29.1 Å². The second-order valence-corrected chi connectivity index (χ2v) is 28.2. The Hall–Kier alpha value is -13.6. The number of rotatable bonds is 15. The van der Waals surface area contributed by atoms with E-state index in [1.807, 2.05) is 0 Å². The van der Waals surface area contributed by atoms with Crippen LogP contribution in [0.1, 0.15) is 38.9 Å². The summed E-state index contributed by atoms with van der Waals surface area (Å²) in [6.45, 7) is 15.2. The molecule has 0 saturated heterocycles. The standard InChI is InChI=1S/C99H76N8/c1-63-39-42-71(43-40-63)89-61-90(81-52-49-77(55-67(81)5)106-93-37-23-21-35-83(93)87-59-78(50-53-95(87)106)104(73-27-11-8-12-28-73)74-29-13-9-14-30-74)101-98(100-89)72-44-41-66(4)85(58-72)70-45-47-76(48-46-70)105(75-31-15-10-16-32-75)79-51-54-96-88(60-79)84-36-22-24-38-94(84)107(96)97-57-68(6)86(56-69(97)7)92-62-91(80-33-19-17-25-64(80)2)102-99(103-92)82-34-20-18-26-65(82)3/h8-62H,1-7H3. The molecule has 4 heterocycles. The number of aromatic nitrogens is 6. The first-order valence-electron chi connectivity index (χ1n) is 36.7. The fourth-order valence-electron chi connectivity index (χ4n) is 15.7. The summed E-state index contributed by atoms with van der Waals surface area (Å²) in [6.07, 6.45) is 0. The van der Waals surface area contributed by atoms with E-state index >= 15 is 0 Å². The molecule has 18 aromatic rings. The molecule has 0 N–H and O–H groups in total. The van der Waals surface area contributed by atoms with Gasteiger partial charge in [0.1, 0.15) is 0 Å². The highest BCUT2D eigenvalue weighted by molar-refractivity contribution is 6.12. The molecule has 8 heteroatoms. The predicted octanol–water partition coefficient (Wildman–Crippen LogP) is 26.2. The third-order valence-electron chi connectivity index (χ3n) is 21.2. The van der Waals surface area contributed by atoms with Crippen molar-refractivity contribution in [2.75, 3.05) is 9.80 Å². The molecular formula is C99H76N8. The molecule has 0 unspecified atom stereocenters. The lowest BCUT2D eigenvalue weighted by Gasteiger charge is -2.26. The minimum atomic E-state index is 0.662. The lowest BCUT2D eigenvalue weighted by atomic mass is 9.97. The number of para-hydroxylation sites is 5. The fourth-order valence-corrected chi connectivity index (χ4v) is 15.7. The van der Waals surface area contributed by atoms with Gasteiger partial charge < -0.3 is 18.9 Å². The van der Waals surface area contributed by atoms with Gasteiger partial charge in [-0.25, -0.2) is 19.9 Å². The molecule has 0 saturated carbocycles. The quantitative estimate of drug-likeness (QED) is 0.102. The van der Waals surface area contributed by atoms with E-state index in [0.29, 0.717) is 5.82 Å². The molecule has 8 nitrogen and oxygen atoms in total. The molecule has 0 radical (unpaired) electrons. The maximum absolute atomic E-state index is 5.49. The molecule has 0 atom stereocenters. The number of nitrogens with zero attached hydrogens (tertiary/aromatic N) is 8. The zero-order valence-corrected chi connectivity index (χ0v) is 60.8. The van der Waals surface area contributed by atoms with Crippen molar-refractivity contribution in [3.8, 4) is 90.3 Å². The maximum atomic E-state index is 5.49. The summed E-state index contributed by atoms with van der Waals surface area (Å²) in [6, 6.07) is 120. The normalized spacial score (nSPS) is 11.5. The summed E-state index contributed by atoms with van der Waals surface area (Å²) < 4.78 is 4.84. The van der Waals surface area contributed by atoms with Crippen molar-refractivity contribution < 1.29 is 0 Å². The molecule has 0 aliphatic rings. The number of hydrogen-bond donors (Lipinski definition) is 0. The van der Waals surface area contributed by atoms with Gasteiger partial charge in [0.15, 0.2) is 11.6 Å². The van der Waals surface area contributed by atoms with E-state index in [2.05, 4.69) is 401 Å². The van der Waals surface area contributed by atoms with Crippen LogP contribution in [0.25, 0.3) is 134 Å². The molecule has 0 amide bonds. The highest BCUT2D eigenvalue weighted by atomic mass is 15.2. The van der Waals surface area contributed by atoms with Crippen LogP contribution in [-0.4, -0.2) is 29.1 Å². The summed E-state index contributed by atoms with van der Waals surface area (Å²) in [4.78, 5) is 26.1. The first-order valence-corrected chi connectivity index (χ1v) is 36.7. The van der Waals surface area contributed by atoms with E-state index in [0.717, 1.165) is 168 Å². The average Bonchev–Trinajstić information content (AvgIpc) is 1.61. The molecule has 0 aliphatic carbocycles. The van der Waals surface area contributed by atoms with Crippen molar-refractivity contribution >= 4 is 77.7 Å². The van der Waals surface area contributed by atoms with Crippen LogP contribution in [0, 0.1) is 48.5 Å². The van der Waals surface area contributed by atoms with Crippen LogP contribution >= 0.6 is 0 Å². The second kappa shape index (κ2) is 27.2. The Morgan fingerprint density at radius 3 is 1.24 bits per heavy atom. The van der Waals surface area contributed by atoms with Crippen LogP contribution in [0.3, 0.4) is 0 Å². The lowest BCUT2D eigenvalue weighted by molar-refractivity contribution is 1.13. The number of hydrogen-bond acceptors (Lipinski definition) is 6.